The molecular weight excluding hydrogens is 272 g/mol. The van der Waals surface area contributed by atoms with Crippen molar-refractivity contribution < 1.29 is 9.90 Å². The molecule has 3 rings (SSSR count). The molecule has 2 N–H and O–H groups in total. The van der Waals surface area contributed by atoms with E-state index in [1.165, 1.54) is 29.9 Å². The van der Waals surface area contributed by atoms with Gasteiger partial charge in [-0.3, -0.25) is 5.10 Å². The van der Waals surface area contributed by atoms with Gasteiger partial charge in [0.05, 0.1) is 5.69 Å². The van der Waals surface area contributed by atoms with Gasteiger partial charge in [0, 0.05) is 5.56 Å². The molecule has 4 nitrogen and oxygen atoms in total. The Balaban J connectivity index is 1.97. The molecule has 1 aromatic carbocycles. The molecular formula is C15H16N2O2S. The number of thioether (sulfide) groups is 1. The number of rotatable bonds is 3. The summed E-state index contributed by atoms with van der Waals surface area (Å²) in [4.78, 5) is 11.0. The number of carboxylic acid groups (broad SMARTS) is 1. The van der Waals surface area contributed by atoms with E-state index in [0.717, 1.165) is 11.3 Å². The van der Waals surface area contributed by atoms with Crippen LogP contribution in [0, 0.1) is 0 Å². The number of hydrogen-bond donors (Lipinski definition) is 2. The van der Waals surface area contributed by atoms with Crippen LogP contribution in [0.15, 0.2) is 30.3 Å². The minimum atomic E-state index is -0.977. The summed E-state index contributed by atoms with van der Waals surface area (Å²) in [7, 11) is 0. The van der Waals surface area contributed by atoms with Gasteiger partial charge in [0.25, 0.3) is 0 Å². The monoisotopic (exact) mass is 288 g/mol. The highest BCUT2D eigenvalue weighted by Crippen LogP contribution is 2.36. The summed E-state index contributed by atoms with van der Waals surface area (Å²) in [6.45, 7) is 0. The van der Waals surface area contributed by atoms with E-state index in [1.807, 2.05) is 30.0 Å². The van der Waals surface area contributed by atoms with Gasteiger partial charge in [0.1, 0.15) is 5.69 Å². The van der Waals surface area contributed by atoms with Crippen LogP contribution in [-0.2, 0) is 0 Å². The van der Waals surface area contributed by atoms with Crippen LogP contribution in [0.5, 0.6) is 0 Å². The lowest BCUT2D eigenvalue weighted by atomic mass is 9.88. The normalized spacial score (nSPS) is 16.2. The largest absolute Gasteiger partial charge is 0.477 e. The lowest BCUT2D eigenvalue weighted by Gasteiger charge is -2.23. The summed E-state index contributed by atoms with van der Waals surface area (Å²) < 4.78 is 0. The van der Waals surface area contributed by atoms with Crippen molar-refractivity contribution in [1.82, 2.24) is 10.2 Å². The number of nitrogens with one attached hydrogen (secondary N) is 1. The second-order valence-corrected chi connectivity index (χ2v) is 6.17. The highest BCUT2D eigenvalue weighted by atomic mass is 32.2. The molecule has 0 atom stereocenters. The van der Waals surface area contributed by atoms with Gasteiger partial charge >= 0.3 is 5.97 Å². The molecule has 0 spiro atoms. The van der Waals surface area contributed by atoms with Gasteiger partial charge in [0.2, 0.25) is 0 Å². The maximum atomic E-state index is 11.0. The van der Waals surface area contributed by atoms with Crippen molar-refractivity contribution in [3.05, 3.63) is 41.6 Å². The van der Waals surface area contributed by atoms with Crippen LogP contribution < -0.4 is 0 Å². The quantitative estimate of drug-likeness (QED) is 0.908. The van der Waals surface area contributed by atoms with Gasteiger partial charge in [0.15, 0.2) is 0 Å². The molecule has 1 aromatic heterocycles. The minimum Gasteiger partial charge on any atom is -0.477 e. The van der Waals surface area contributed by atoms with E-state index in [1.54, 1.807) is 6.07 Å². The standard InChI is InChI=1S/C15H16N2O2S/c18-15(19)14-9-13(16-17-14)12-4-2-1-3-11(12)10-5-7-20-8-6-10/h1-4,9-10H,5-8H2,(H,16,17)(H,18,19). The molecule has 1 fully saturated rings. The number of H-pyrrole nitrogens is 1. The Hall–Kier alpha value is -1.75. The Labute approximate surface area is 121 Å². The first-order chi connectivity index (χ1) is 9.75. The highest BCUT2D eigenvalue weighted by molar-refractivity contribution is 7.99. The van der Waals surface area contributed by atoms with Gasteiger partial charge < -0.3 is 5.11 Å². The van der Waals surface area contributed by atoms with Crippen molar-refractivity contribution in [3.63, 3.8) is 0 Å². The van der Waals surface area contributed by atoms with E-state index in [0.29, 0.717) is 5.92 Å². The molecule has 5 heteroatoms. The first-order valence-corrected chi connectivity index (χ1v) is 7.87. The fourth-order valence-electron chi connectivity index (χ4n) is 2.66. The fraction of sp³-hybridized carbons (Fsp3) is 0.333. The molecule has 2 aromatic rings. The molecule has 0 unspecified atom stereocenters. The lowest BCUT2D eigenvalue weighted by Crippen LogP contribution is -2.09. The molecule has 1 aliphatic heterocycles. The SMILES string of the molecule is O=C(O)c1cc(-c2ccccc2C2CCSCC2)n[nH]1. The third-order valence-electron chi connectivity index (χ3n) is 3.71. The Kier molecular flexibility index (Phi) is 3.78. The van der Waals surface area contributed by atoms with E-state index in [9.17, 15) is 4.79 Å². The first kappa shape index (κ1) is 13.2. The third-order valence-corrected chi connectivity index (χ3v) is 4.75. The zero-order chi connectivity index (χ0) is 13.9. The van der Waals surface area contributed by atoms with Gasteiger partial charge in [-0.1, -0.05) is 24.3 Å². The predicted octanol–water partition coefficient (Wildman–Crippen LogP) is 3.39. The van der Waals surface area contributed by atoms with Gasteiger partial charge in [-0.2, -0.15) is 16.9 Å². The topological polar surface area (TPSA) is 66.0 Å². The molecule has 0 radical (unpaired) electrons. The number of aromatic nitrogens is 2. The average molecular weight is 288 g/mol. The van der Waals surface area contributed by atoms with Crippen molar-refractivity contribution >= 4 is 17.7 Å². The second kappa shape index (κ2) is 5.71. The van der Waals surface area contributed by atoms with Crippen LogP contribution in [0.1, 0.15) is 34.8 Å². The minimum absolute atomic E-state index is 0.133. The molecule has 0 aliphatic carbocycles. The summed E-state index contributed by atoms with van der Waals surface area (Å²) in [6.07, 6.45) is 2.36. The lowest BCUT2D eigenvalue weighted by molar-refractivity contribution is 0.0690. The number of aromatic amines is 1. The summed E-state index contributed by atoms with van der Waals surface area (Å²) >= 11 is 2.00. The Morgan fingerprint density at radius 2 is 2.05 bits per heavy atom. The molecule has 0 amide bonds. The molecule has 1 saturated heterocycles. The highest BCUT2D eigenvalue weighted by Gasteiger charge is 2.20. The summed E-state index contributed by atoms with van der Waals surface area (Å²) in [5.41, 5.74) is 3.19. The smallest absolute Gasteiger partial charge is 0.353 e. The van der Waals surface area contributed by atoms with E-state index in [-0.39, 0.29) is 5.69 Å². The number of carbonyl (C=O) groups is 1. The predicted molar refractivity (Wildman–Crippen MR) is 80.3 cm³/mol. The van der Waals surface area contributed by atoms with E-state index in [4.69, 9.17) is 5.11 Å². The van der Waals surface area contributed by atoms with Crippen LogP contribution in [0.3, 0.4) is 0 Å². The summed E-state index contributed by atoms with van der Waals surface area (Å²) in [5.74, 6) is 1.97. The van der Waals surface area contributed by atoms with E-state index >= 15 is 0 Å². The zero-order valence-electron chi connectivity index (χ0n) is 11.0. The van der Waals surface area contributed by atoms with Gasteiger partial charge in [-0.05, 0) is 41.9 Å². The number of hydrogen-bond acceptors (Lipinski definition) is 3. The number of carboxylic acids is 1. The second-order valence-electron chi connectivity index (χ2n) is 4.95. The Morgan fingerprint density at radius 1 is 1.30 bits per heavy atom. The van der Waals surface area contributed by atoms with Crippen molar-refractivity contribution in [2.24, 2.45) is 0 Å². The number of nitrogens with zero attached hydrogens (tertiary/aromatic N) is 1. The third kappa shape index (κ3) is 2.58. The Bertz CT molecular complexity index is 618. The van der Waals surface area contributed by atoms with Gasteiger partial charge in [-0.25, -0.2) is 4.79 Å². The maximum absolute atomic E-state index is 11.0. The molecule has 2 heterocycles. The van der Waals surface area contributed by atoms with Crippen LogP contribution in [0.2, 0.25) is 0 Å². The van der Waals surface area contributed by atoms with Gasteiger partial charge in [-0.15, -0.1) is 0 Å². The van der Waals surface area contributed by atoms with Crippen LogP contribution in [-0.4, -0.2) is 32.8 Å². The average Bonchev–Trinajstić information content (AvgIpc) is 2.98. The van der Waals surface area contributed by atoms with Crippen molar-refractivity contribution in [3.8, 4) is 11.3 Å². The van der Waals surface area contributed by atoms with Crippen molar-refractivity contribution in [2.75, 3.05) is 11.5 Å². The first-order valence-electron chi connectivity index (χ1n) is 6.71. The maximum Gasteiger partial charge on any atom is 0.353 e. The Morgan fingerprint density at radius 3 is 2.75 bits per heavy atom. The van der Waals surface area contributed by atoms with E-state index in [2.05, 4.69) is 16.3 Å². The number of benzene rings is 1. The van der Waals surface area contributed by atoms with Crippen molar-refractivity contribution in [2.45, 2.75) is 18.8 Å². The van der Waals surface area contributed by atoms with Crippen LogP contribution >= 0.6 is 11.8 Å². The molecule has 20 heavy (non-hydrogen) atoms. The van der Waals surface area contributed by atoms with Crippen molar-refractivity contribution in [1.29, 1.82) is 0 Å². The number of aromatic carboxylic acids is 1. The molecule has 104 valence electrons. The van der Waals surface area contributed by atoms with Crippen LogP contribution in [0.4, 0.5) is 0 Å². The summed E-state index contributed by atoms with van der Waals surface area (Å²) in [6, 6.07) is 9.81. The van der Waals surface area contributed by atoms with Crippen LogP contribution in [0.25, 0.3) is 11.3 Å². The summed E-state index contributed by atoms with van der Waals surface area (Å²) in [5, 5.41) is 15.7. The molecule has 0 bridgehead atoms. The zero-order valence-corrected chi connectivity index (χ0v) is 11.8. The molecule has 0 saturated carbocycles. The fourth-order valence-corrected chi connectivity index (χ4v) is 3.77. The molecule has 1 aliphatic rings. The van der Waals surface area contributed by atoms with E-state index < -0.39 is 5.97 Å².